The topological polar surface area (TPSA) is 114 Å². The molecule has 4 N–H and O–H groups in total. The van der Waals surface area contributed by atoms with Gasteiger partial charge in [0.15, 0.2) is 0 Å². The van der Waals surface area contributed by atoms with E-state index in [2.05, 4.69) is 15.0 Å². The Morgan fingerprint density at radius 2 is 2.04 bits per heavy atom. The lowest BCUT2D eigenvalue weighted by molar-refractivity contribution is -0.122. The van der Waals surface area contributed by atoms with Gasteiger partial charge in [-0.05, 0) is 44.4 Å². The van der Waals surface area contributed by atoms with Crippen LogP contribution in [0, 0.1) is 5.92 Å². The Hall–Kier alpha value is -1.64. The minimum absolute atomic E-state index is 0. The maximum Gasteiger partial charge on any atom is 0.263 e. The number of carbonyl (C=O) groups is 1. The van der Waals surface area contributed by atoms with Crippen LogP contribution in [0.1, 0.15) is 44.6 Å². The Balaban J connectivity index is 0.00000261. The number of hydrogen-bond acceptors (Lipinski definition) is 5. The summed E-state index contributed by atoms with van der Waals surface area (Å²) in [6, 6.07) is 6.51. The molecular formula is C18H27ClN4O3S. The summed E-state index contributed by atoms with van der Waals surface area (Å²) >= 11 is 0. The van der Waals surface area contributed by atoms with E-state index in [0.717, 1.165) is 25.7 Å². The highest BCUT2D eigenvalue weighted by Crippen LogP contribution is 2.24. The number of carbonyl (C=O) groups excluding carboxylic acids is 1. The molecule has 0 bridgehead atoms. The lowest BCUT2D eigenvalue weighted by atomic mass is 9.84. The summed E-state index contributed by atoms with van der Waals surface area (Å²) in [5.74, 6) is 0.572. The molecule has 3 atom stereocenters. The number of rotatable bonds is 5. The first-order valence-corrected chi connectivity index (χ1v) is 10.6. The van der Waals surface area contributed by atoms with Crippen LogP contribution in [0.15, 0.2) is 34.2 Å². The van der Waals surface area contributed by atoms with E-state index in [-0.39, 0.29) is 41.7 Å². The summed E-state index contributed by atoms with van der Waals surface area (Å²) in [5, 5.41) is 3.08. The maximum atomic E-state index is 12.4. The number of halogens is 1. The molecule has 150 valence electrons. The molecule has 0 spiro atoms. The molecule has 0 saturated heterocycles. The van der Waals surface area contributed by atoms with Crippen LogP contribution >= 0.6 is 12.4 Å². The monoisotopic (exact) mass is 414 g/mol. The van der Waals surface area contributed by atoms with Crippen molar-refractivity contribution < 1.29 is 13.2 Å². The van der Waals surface area contributed by atoms with Crippen LogP contribution in [-0.2, 0) is 14.8 Å². The number of hydrogen-bond donors (Lipinski definition) is 3. The second-order valence-electron chi connectivity index (χ2n) is 7.09. The van der Waals surface area contributed by atoms with Crippen LogP contribution in [-0.4, -0.2) is 38.8 Å². The van der Waals surface area contributed by atoms with Gasteiger partial charge in [0.25, 0.3) is 10.0 Å². The lowest BCUT2D eigenvalue weighted by Gasteiger charge is -2.31. The number of nitrogens with zero attached hydrogens (tertiary/aromatic N) is 1. The van der Waals surface area contributed by atoms with Crippen LogP contribution in [0.2, 0.25) is 0 Å². The van der Waals surface area contributed by atoms with Crippen LogP contribution in [0.3, 0.4) is 0 Å². The van der Waals surface area contributed by atoms with E-state index in [1.807, 2.05) is 6.92 Å². The number of nitrogens with one attached hydrogen (secondary N) is 2. The Morgan fingerprint density at radius 3 is 2.78 bits per heavy atom. The molecule has 3 rings (SSSR count). The van der Waals surface area contributed by atoms with E-state index in [1.165, 1.54) is 0 Å². The molecule has 27 heavy (non-hydrogen) atoms. The zero-order valence-corrected chi connectivity index (χ0v) is 17.0. The molecule has 1 fully saturated rings. The number of nitrogens with two attached hydrogens (primary N) is 1. The zero-order valence-electron chi connectivity index (χ0n) is 15.3. The van der Waals surface area contributed by atoms with E-state index in [4.69, 9.17) is 5.73 Å². The normalized spacial score (nSPS) is 25.8. The van der Waals surface area contributed by atoms with Crippen molar-refractivity contribution in [2.45, 2.75) is 56.0 Å². The third-order valence-electron chi connectivity index (χ3n) is 5.05. The highest BCUT2D eigenvalue weighted by atomic mass is 35.5. The van der Waals surface area contributed by atoms with Crippen LogP contribution in [0.25, 0.3) is 0 Å². The van der Waals surface area contributed by atoms with Gasteiger partial charge in [0.05, 0.1) is 10.9 Å². The fourth-order valence-electron chi connectivity index (χ4n) is 3.71. The number of amides is 1. The average Bonchev–Trinajstić information content (AvgIpc) is 2.86. The number of fused-ring (bicyclic) bond motifs is 1. The predicted molar refractivity (Wildman–Crippen MR) is 108 cm³/mol. The Morgan fingerprint density at radius 1 is 1.33 bits per heavy atom. The van der Waals surface area contributed by atoms with Crippen molar-refractivity contribution in [2.24, 2.45) is 16.6 Å². The summed E-state index contributed by atoms with van der Waals surface area (Å²) in [6.45, 7) is 2.39. The van der Waals surface area contributed by atoms with E-state index in [0.29, 0.717) is 23.9 Å². The summed E-state index contributed by atoms with van der Waals surface area (Å²) in [5.41, 5.74) is 6.36. The second kappa shape index (κ2) is 9.03. The van der Waals surface area contributed by atoms with Crippen LogP contribution in [0.5, 0.6) is 0 Å². The molecule has 7 nitrogen and oxygen atoms in total. The molecule has 1 amide bonds. The molecule has 0 radical (unpaired) electrons. The van der Waals surface area contributed by atoms with Gasteiger partial charge in [0, 0.05) is 18.0 Å². The number of sulfonamides is 1. The molecule has 1 saturated carbocycles. The molecule has 3 unspecified atom stereocenters. The fraction of sp³-hybridized carbons (Fsp3) is 0.556. The third kappa shape index (κ3) is 5.00. The minimum Gasteiger partial charge on any atom is -0.353 e. The largest absolute Gasteiger partial charge is 0.353 e. The molecule has 2 aliphatic rings. The Bertz CT molecular complexity index is 813. The molecule has 1 heterocycles. The van der Waals surface area contributed by atoms with Gasteiger partial charge >= 0.3 is 0 Å². The first kappa shape index (κ1) is 21.7. The first-order chi connectivity index (χ1) is 12.4. The Kier molecular flexibility index (Phi) is 7.25. The zero-order chi connectivity index (χ0) is 18.7. The maximum absolute atomic E-state index is 12.4. The van der Waals surface area contributed by atoms with Crippen molar-refractivity contribution in [2.75, 3.05) is 6.54 Å². The lowest BCUT2D eigenvalue weighted by Crippen LogP contribution is -2.45. The van der Waals surface area contributed by atoms with E-state index in [9.17, 15) is 13.2 Å². The summed E-state index contributed by atoms with van der Waals surface area (Å²) in [7, 11) is -3.56. The molecule has 1 aliphatic heterocycles. The van der Waals surface area contributed by atoms with Crippen molar-refractivity contribution in [3.05, 3.63) is 29.8 Å². The van der Waals surface area contributed by atoms with Gasteiger partial charge in [-0.25, -0.2) is 8.42 Å². The van der Waals surface area contributed by atoms with Crippen molar-refractivity contribution >= 4 is 34.2 Å². The van der Waals surface area contributed by atoms with Crippen LogP contribution in [0.4, 0.5) is 0 Å². The summed E-state index contributed by atoms with van der Waals surface area (Å²) in [4.78, 5) is 17.0. The van der Waals surface area contributed by atoms with Gasteiger partial charge in [-0.3, -0.25) is 14.5 Å². The van der Waals surface area contributed by atoms with Crippen molar-refractivity contribution in [1.29, 1.82) is 0 Å². The Labute approximate surface area is 166 Å². The molecular weight excluding hydrogens is 388 g/mol. The van der Waals surface area contributed by atoms with E-state index in [1.54, 1.807) is 24.3 Å². The number of amidine groups is 1. The van der Waals surface area contributed by atoms with Crippen LogP contribution < -0.4 is 15.8 Å². The number of benzene rings is 1. The van der Waals surface area contributed by atoms with E-state index < -0.39 is 10.0 Å². The highest BCUT2D eigenvalue weighted by molar-refractivity contribution is 7.90. The van der Waals surface area contributed by atoms with Crippen molar-refractivity contribution in [3.63, 3.8) is 0 Å². The van der Waals surface area contributed by atoms with Gasteiger partial charge in [-0.1, -0.05) is 25.0 Å². The van der Waals surface area contributed by atoms with Gasteiger partial charge in [0.1, 0.15) is 5.84 Å². The van der Waals surface area contributed by atoms with Gasteiger partial charge in [-0.2, -0.15) is 0 Å². The fourth-order valence-corrected chi connectivity index (χ4v) is 4.95. The van der Waals surface area contributed by atoms with Crippen molar-refractivity contribution in [3.8, 4) is 0 Å². The van der Waals surface area contributed by atoms with Gasteiger partial charge < -0.3 is 11.1 Å². The second-order valence-corrected chi connectivity index (χ2v) is 8.74. The molecule has 1 aromatic carbocycles. The van der Waals surface area contributed by atoms with Crippen molar-refractivity contribution in [1.82, 2.24) is 10.0 Å². The molecule has 1 aromatic rings. The smallest absolute Gasteiger partial charge is 0.263 e. The molecule has 1 aliphatic carbocycles. The first-order valence-electron chi connectivity index (χ1n) is 9.10. The van der Waals surface area contributed by atoms with E-state index >= 15 is 0 Å². The van der Waals surface area contributed by atoms with Gasteiger partial charge in [-0.15, -0.1) is 12.4 Å². The molecule has 9 heteroatoms. The highest BCUT2D eigenvalue weighted by Gasteiger charge is 2.31. The standard InChI is InChI=1S/C18H26N4O3S.ClH/c1-12(10-17(23)21-15-8-4-2-6-13(15)11-19)20-18-14-7-3-5-9-16(14)26(24,25)22-18;/h3,5,7,9,12-13,15H,2,4,6,8,10-11,19H2,1H3,(H,20,22)(H,21,23);1H. The minimum atomic E-state index is -3.56. The average molecular weight is 415 g/mol. The SMILES string of the molecule is CC(CC(=O)NC1CCCCC1CN)N=C1NS(=O)(=O)c2ccccc21.Cl. The number of aliphatic imine (C=N–C) groups is 1. The summed E-state index contributed by atoms with van der Waals surface area (Å²) < 4.78 is 26.7. The quantitative estimate of drug-likeness (QED) is 0.678. The molecule has 0 aromatic heterocycles. The predicted octanol–water partition coefficient (Wildman–Crippen LogP) is 1.56. The summed E-state index contributed by atoms with van der Waals surface area (Å²) in [6.07, 6.45) is 4.50. The third-order valence-corrected chi connectivity index (χ3v) is 6.45. The van der Waals surface area contributed by atoms with Gasteiger partial charge in [0.2, 0.25) is 5.91 Å².